The van der Waals surface area contributed by atoms with Crippen LogP contribution in [0.3, 0.4) is 0 Å². The van der Waals surface area contributed by atoms with E-state index in [4.69, 9.17) is 0 Å². The standard InChI is InChI=1S/C23H25N5O/c1-3-5-15-26(4-2)23(29)21-12-14-25-28(21)22-11-10-20-9-8-19(17-27(20)22)18-7-6-13-24-16-18/h6-14,16-17H,3-5,15H2,1-2H3. The van der Waals surface area contributed by atoms with Gasteiger partial charge in [0.1, 0.15) is 11.5 Å². The predicted octanol–water partition coefficient (Wildman–Crippen LogP) is 4.45. The molecule has 4 aromatic rings. The Kier molecular flexibility index (Phi) is 5.42. The van der Waals surface area contributed by atoms with E-state index >= 15 is 0 Å². The van der Waals surface area contributed by atoms with E-state index in [0.29, 0.717) is 12.2 Å². The summed E-state index contributed by atoms with van der Waals surface area (Å²) < 4.78 is 3.80. The van der Waals surface area contributed by atoms with Gasteiger partial charge in [0.15, 0.2) is 0 Å². The predicted molar refractivity (Wildman–Crippen MR) is 114 cm³/mol. The van der Waals surface area contributed by atoms with E-state index in [2.05, 4.69) is 39.7 Å². The molecule has 0 spiro atoms. The van der Waals surface area contributed by atoms with Crippen LogP contribution in [0.1, 0.15) is 37.2 Å². The van der Waals surface area contributed by atoms with Crippen LogP contribution in [0.15, 0.2) is 67.3 Å². The Hall–Kier alpha value is -3.41. The van der Waals surface area contributed by atoms with Crippen molar-refractivity contribution in [3.8, 4) is 16.9 Å². The topological polar surface area (TPSA) is 55.4 Å². The molecule has 4 rings (SSSR count). The van der Waals surface area contributed by atoms with Crippen LogP contribution >= 0.6 is 0 Å². The number of hydrogen-bond donors (Lipinski definition) is 0. The molecule has 0 saturated heterocycles. The van der Waals surface area contributed by atoms with Crippen molar-refractivity contribution in [3.63, 3.8) is 0 Å². The van der Waals surface area contributed by atoms with Crippen LogP contribution in [0.25, 0.3) is 22.5 Å². The average molecular weight is 387 g/mol. The third kappa shape index (κ3) is 3.66. The maximum atomic E-state index is 13.1. The van der Waals surface area contributed by atoms with Crippen molar-refractivity contribution in [2.75, 3.05) is 13.1 Å². The number of carbonyl (C=O) groups is 1. The first kappa shape index (κ1) is 18.9. The number of unbranched alkanes of at least 4 members (excludes halogenated alkanes) is 1. The maximum absolute atomic E-state index is 13.1. The van der Waals surface area contributed by atoms with E-state index < -0.39 is 0 Å². The van der Waals surface area contributed by atoms with Gasteiger partial charge in [0.25, 0.3) is 5.91 Å². The Balaban J connectivity index is 1.75. The van der Waals surface area contributed by atoms with Gasteiger partial charge in [-0.15, -0.1) is 0 Å². The summed E-state index contributed by atoms with van der Waals surface area (Å²) in [4.78, 5) is 19.2. The number of nitrogens with zero attached hydrogens (tertiary/aromatic N) is 5. The number of rotatable bonds is 7. The summed E-state index contributed by atoms with van der Waals surface area (Å²) in [6.07, 6.45) is 9.42. The fourth-order valence-electron chi connectivity index (χ4n) is 3.53. The Morgan fingerprint density at radius 2 is 1.90 bits per heavy atom. The molecule has 0 aliphatic heterocycles. The number of fused-ring (bicyclic) bond motifs is 1. The largest absolute Gasteiger partial charge is 0.338 e. The van der Waals surface area contributed by atoms with Gasteiger partial charge in [-0.3, -0.25) is 9.78 Å². The Bertz CT molecular complexity index is 1110. The zero-order chi connectivity index (χ0) is 20.2. The number of amides is 1. The van der Waals surface area contributed by atoms with E-state index in [1.807, 2.05) is 42.3 Å². The van der Waals surface area contributed by atoms with Crippen molar-refractivity contribution < 1.29 is 4.79 Å². The first-order chi connectivity index (χ1) is 14.2. The summed E-state index contributed by atoms with van der Waals surface area (Å²) in [6.45, 7) is 5.59. The van der Waals surface area contributed by atoms with E-state index in [1.165, 1.54) is 0 Å². The van der Waals surface area contributed by atoms with E-state index in [-0.39, 0.29) is 5.91 Å². The van der Waals surface area contributed by atoms with Crippen LogP contribution in [-0.4, -0.2) is 43.1 Å². The molecule has 1 amide bonds. The summed E-state index contributed by atoms with van der Waals surface area (Å²) in [5, 5.41) is 4.47. The average Bonchev–Trinajstić information content (AvgIpc) is 3.41. The SMILES string of the molecule is CCCCN(CC)C(=O)c1ccnn1-c1ccc2ccc(-c3cccnc3)cn12. The van der Waals surface area contributed by atoms with Gasteiger partial charge in [0.2, 0.25) is 0 Å². The number of pyridine rings is 2. The molecule has 0 aliphatic rings. The summed E-state index contributed by atoms with van der Waals surface area (Å²) in [5.41, 5.74) is 3.72. The molecule has 4 aromatic heterocycles. The summed E-state index contributed by atoms with van der Waals surface area (Å²) in [6, 6.07) is 13.9. The molecular formula is C23H25N5O. The lowest BCUT2D eigenvalue weighted by atomic mass is 10.1. The second kappa shape index (κ2) is 8.31. The maximum Gasteiger partial charge on any atom is 0.272 e. The summed E-state index contributed by atoms with van der Waals surface area (Å²) in [7, 11) is 0. The summed E-state index contributed by atoms with van der Waals surface area (Å²) >= 11 is 0. The Labute approximate surface area is 170 Å². The molecule has 0 aliphatic carbocycles. The van der Waals surface area contributed by atoms with Crippen LogP contribution < -0.4 is 0 Å². The Morgan fingerprint density at radius 1 is 1.03 bits per heavy atom. The minimum atomic E-state index is 0.0109. The van der Waals surface area contributed by atoms with Gasteiger partial charge in [-0.2, -0.15) is 5.10 Å². The lowest BCUT2D eigenvalue weighted by Crippen LogP contribution is -2.33. The molecule has 0 unspecified atom stereocenters. The van der Waals surface area contributed by atoms with E-state index in [0.717, 1.165) is 41.8 Å². The minimum Gasteiger partial charge on any atom is -0.338 e. The monoisotopic (exact) mass is 387 g/mol. The molecule has 0 fully saturated rings. The van der Waals surface area contributed by atoms with Crippen molar-refractivity contribution in [1.82, 2.24) is 24.1 Å². The van der Waals surface area contributed by atoms with Crippen molar-refractivity contribution >= 4 is 11.4 Å². The molecule has 0 saturated carbocycles. The lowest BCUT2D eigenvalue weighted by Gasteiger charge is -2.21. The van der Waals surface area contributed by atoms with Crippen LogP contribution in [0.2, 0.25) is 0 Å². The normalized spacial score (nSPS) is 11.1. The smallest absolute Gasteiger partial charge is 0.272 e. The number of aromatic nitrogens is 4. The molecule has 0 radical (unpaired) electrons. The number of carbonyl (C=O) groups excluding carboxylic acids is 1. The first-order valence-corrected chi connectivity index (χ1v) is 10.1. The molecule has 29 heavy (non-hydrogen) atoms. The minimum absolute atomic E-state index is 0.0109. The van der Waals surface area contributed by atoms with Crippen LogP contribution in [0.4, 0.5) is 0 Å². The van der Waals surface area contributed by atoms with Crippen LogP contribution in [0.5, 0.6) is 0 Å². The van der Waals surface area contributed by atoms with Crippen LogP contribution in [0, 0.1) is 0 Å². The zero-order valence-corrected chi connectivity index (χ0v) is 16.8. The van der Waals surface area contributed by atoms with Gasteiger partial charge < -0.3 is 9.30 Å². The van der Waals surface area contributed by atoms with Crippen molar-refractivity contribution in [1.29, 1.82) is 0 Å². The van der Waals surface area contributed by atoms with Gasteiger partial charge in [0, 0.05) is 42.8 Å². The molecule has 0 N–H and O–H groups in total. The highest BCUT2D eigenvalue weighted by Crippen LogP contribution is 2.23. The molecule has 0 aromatic carbocycles. The lowest BCUT2D eigenvalue weighted by molar-refractivity contribution is 0.0753. The fraction of sp³-hybridized carbons (Fsp3) is 0.261. The molecule has 6 nitrogen and oxygen atoms in total. The van der Waals surface area contributed by atoms with E-state index in [1.54, 1.807) is 23.1 Å². The van der Waals surface area contributed by atoms with E-state index in [9.17, 15) is 4.79 Å². The van der Waals surface area contributed by atoms with Gasteiger partial charge in [-0.1, -0.05) is 25.5 Å². The second-order valence-electron chi connectivity index (χ2n) is 7.01. The number of hydrogen-bond acceptors (Lipinski definition) is 3. The van der Waals surface area contributed by atoms with Gasteiger partial charge in [0.05, 0.1) is 6.20 Å². The molecule has 6 heteroatoms. The van der Waals surface area contributed by atoms with Crippen molar-refractivity contribution in [2.24, 2.45) is 0 Å². The Morgan fingerprint density at radius 3 is 2.66 bits per heavy atom. The quantitative estimate of drug-likeness (QED) is 0.471. The highest BCUT2D eigenvalue weighted by Gasteiger charge is 2.20. The highest BCUT2D eigenvalue weighted by molar-refractivity contribution is 5.93. The zero-order valence-electron chi connectivity index (χ0n) is 16.8. The molecule has 0 atom stereocenters. The molecule has 4 heterocycles. The molecular weight excluding hydrogens is 362 g/mol. The third-order valence-electron chi connectivity index (χ3n) is 5.15. The first-order valence-electron chi connectivity index (χ1n) is 10.1. The fourth-order valence-corrected chi connectivity index (χ4v) is 3.53. The second-order valence-corrected chi connectivity index (χ2v) is 7.01. The molecule has 148 valence electrons. The third-order valence-corrected chi connectivity index (χ3v) is 5.15. The van der Waals surface area contributed by atoms with Crippen molar-refractivity contribution in [2.45, 2.75) is 26.7 Å². The molecule has 0 bridgehead atoms. The van der Waals surface area contributed by atoms with Gasteiger partial charge >= 0.3 is 0 Å². The van der Waals surface area contributed by atoms with Gasteiger partial charge in [-0.25, -0.2) is 4.68 Å². The van der Waals surface area contributed by atoms with Crippen molar-refractivity contribution in [3.05, 3.63) is 72.9 Å². The van der Waals surface area contributed by atoms with Crippen LogP contribution in [-0.2, 0) is 0 Å². The summed E-state index contributed by atoms with van der Waals surface area (Å²) in [5.74, 6) is 0.849. The highest BCUT2D eigenvalue weighted by atomic mass is 16.2. The van der Waals surface area contributed by atoms with Gasteiger partial charge in [-0.05, 0) is 49.2 Å².